The minimum absolute atomic E-state index is 0.0837. The lowest BCUT2D eigenvalue weighted by molar-refractivity contribution is -0.0524. The molecule has 0 bridgehead atoms. The molecule has 2 unspecified atom stereocenters. The number of sulfonamides is 1. The van der Waals surface area contributed by atoms with Gasteiger partial charge in [-0.2, -0.15) is 17.5 Å². The van der Waals surface area contributed by atoms with Crippen LogP contribution < -0.4 is 5.73 Å². The van der Waals surface area contributed by atoms with Crippen LogP contribution in [0.3, 0.4) is 0 Å². The third-order valence-electron chi connectivity index (χ3n) is 2.80. The van der Waals surface area contributed by atoms with Gasteiger partial charge in [-0.25, -0.2) is 8.42 Å². The van der Waals surface area contributed by atoms with E-state index < -0.39 is 27.6 Å². The molecule has 0 amide bonds. The Morgan fingerprint density at radius 1 is 1.38 bits per heavy atom. The average Bonchev–Trinajstić information content (AvgIpc) is 2.15. The normalized spacial score (nSPS) is 29.3. The number of piperidine rings is 1. The van der Waals surface area contributed by atoms with Crippen molar-refractivity contribution in [1.29, 1.82) is 0 Å². The van der Waals surface area contributed by atoms with Gasteiger partial charge in [-0.1, -0.05) is 6.42 Å². The highest BCUT2D eigenvalue weighted by Crippen LogP contribution is 2.34. The lowest BCUT2D eigenvalue weighted by Crippen LogP contribution is -2.55. The van der Waals surface area contributed by atoms with Crippen molar-refractivity contribution in [3.05, 3.63) is 0 Å². The Morgan fingerprint density at radius 3 is 2.38 bits per heavy atom. The van der Waals surface area contributed by atoms with E-state index in [4.69, 9.17) is 5.73 Å². The zero-order valence-corrected chi connectivity index (χ0v) is 9.68. The highest BCUT2D eigenvalue weighted by Gasteiger charge is 2.53. The molecule has 16 heavy (non-hydrogen) atoms. The second-order valence-corrected chi connectivity index (χ2v) is 5.78. The summed E-state index contributed by atoms with van der Waals surface area (Å²) in [7, 11) is -5.26. The summed E-state index contributed by atoms with van der Waals surface area (Å²) in [5.41, 5.74) is 0.0783. The van der Waals surface area contributed by atoms with E-state index in [1.54, 1.807) is 0 Å². The number of rotatable bonds is 2. The second kappa shape index (κ2) is 4.50. The van der Waals surface area contributed by atoms with Crippen LogP contribution in [-0.2, 0) is 10.0 Å². The van der Waals surface area contributed by atoms with Crippen molar-refractivity contribution in [2.75, 3.05) is 6.54 Å². The Kier molecular flexibility index (Phi) is 3.86. The lowest BCUT2D eigenvalue weighted by atomic mass is 10.00. The first-order valence-electron chi connectivity index (χ1n) is 5.01. The molecule has 0 radical (unpaired) electrons. The fourth-order valence-electron chi connectivity index (χ4n) is 2.04. The third-order valence-corrected chi connectivity index (χ3v) is 4.59. The number of hydrogen-bond donors (Lipinski definition) is 1. The van der Waals surface area contributed by atoms with Gasteiger partial charge in [-0.15, -0.1) is 0 Å². The molecule has 1 saturated heterocycles. The van der Waals surface area contributed by atoms with Crippen LogP contribution in [0.25, 0.3) is 0 Å². The van der Waals surface area contributed by atoms with Crippen LogP contribution >= 0.6 is 0 Å². The minimum atomic E-state index is -5.26. The number of alkyl halides is 3. The summed E-state index contributed by atoms with van der Waals surface area (Å²) in [4.78, 5) is 0. The molecule has 2 atom stereocenters. The summed E-state index contributed by atoms with van der Waals surface area (Å²) in [5.74, 6) is 0. The third kappa shape index (κ3) is 2.33. The molecule has 0 aromatic carbocycles. The van der Waals surface area contributed by atoms with Gasteiger partial charge in [0.2, 0.25) is 0 Å². The molecule has 1 aliphatic heterocycles. The van der Waals surface area contributed by atoms with Crippen LogP contribution in [0.4, 0.5) is 13.2 Å². The van der Waals surface area contributed by atoms with Crippen LogP contribution in [0.2, 0.25) is 0 Å². The highest BCUT2D eigenvalue weighted by atomic mass is 32.2. The van der Waals surface area contributed by atoms with E-state index in [0.29, 0.717) is 23.6 Å². The summed E-state index contributed by atoms with van der Waals surface area (Å²) >= 11 is 0. The van der Waals surface area contributed by atoms with Gasteiger partial charge in [0.25, 0.3) is 0 Å². The first-order valence-corrected chi connectivity index (χ1v) is 6.45. The number of nitrogens with zero attached hydrogens (tertiary/aromatic N) is 1. The summed E-state index contributed by atoms with van der Waals surface area (Å²) in [6.45, 7) is 1.39. The number of halogens is 3. The largest absolute Gasteiger partial charge is 0.511 e. The predicted molar refractivity (Wildman–Crippen MR) is 53.0 cm³/mol. The summed E-state index contributed by atoms with van der Waals surface area (Å²) in [6, 6.07) is -1.38. The van der Waals surface area contributed by atoms with Crippen LogP contribution in [0.1, 0.15) is 26.2 Å². The van der Waals surface area contributed by atoms with Crippen LogP contribution in [-0.4, -0.2) is 36.9 Å². The van der Waals surface area contributed by atoms with Crippen molar-refractivity contribution < 1.29 is 21.6 Å². The highest BCUT2D eigenvalue weighted by molar-refractivity contribution is 7.90. The fourth-order valence-corrected chi connectivity index (χ4v) is 3.44. The van der Waals surface area contributed by atoms with Gasteiger partial charge >= 0.3 is 15.5 Å². The minimum Gasteiger partial charge on any atom is -0.329 e. The van der Waals surface area contributed by atoms with E-state index in [1.807, 2.05) is 0 Å². The summed E-state index contributed by atoms with van der Waals surface area (Å²) in [6.07, 6.45) is 1.52. The number of hydrogen-bond acceptors (Lipinski definition) is 3. The quantitative estimate of drug-likeness (QED) is 0.806. The van der Waals surface area contributed by atoms with Crippen molar-refractivity contribution >= 4 is 10.0 Å². The van der Waals surface area contributed by atoms with E-state index in [1.165, 1.54) is 6.92 Å². The molecule has 1 rings (SSSR count). The van der Waals surface area contributed by atoms with Crippen LogP contribution in [0, 0.1) is 0 Å². The van der Waals surface area contributed by atoms with Crippen molar-refractivity contribution in [3.8, 4) is 0 Å². The predicted octanol–water partition coefficient (Wildman–Crippen LogP) is 1.04. The smallest absolute Gasteiger partial charge is 0.329 e. The molecule has 2 N–H and O–H groups in total. The lowest BCUT2D eigenvalue weighted by Gasteiger charge is -2.39. The van der Waals surface area contributed by atoms with E-state index >= 15 is 0 Å². The summed E-state index contributed by atoms with van der Waals surface area (Å²) in [5, 5.41) is 0. The van der Waals surface area contributed by atoms with E-state index in [0.717, 1.165) is 0 Å². The van der Waals surface area contributed by atoms with Crippen molar-refractivity contribution in [2.24, 2.45) is 5.73 Å². The molecular weight excluding hydrogens is 245 g/mol. The molecule has 0 aromatic heterocycles. The molecular formula is C8H15F3N2O2S. The van der Waals surface area contributed by atoms with Crippen molar-refractivity contribution in [2.45, 2.75) is 43.8 Å². The molecule has 8 heteroatoms. The maximum atomic E-state index is 12.4. The van der Waals surface area contributed by atoms with Crippen molar-refractivity contribution in [1.82, 2.24) is 4.31 Å². The van der Waals surface area contributed by atoms with Gasteiger partial charge in [0.15, 0.2) is 0 Å². The molecule has 1 aliphatic rings. The zero-order valence-electron chi connectivity index (χ0n) is 8.87. The molecule has 0 aromatic rings. The molecule has 0 saturated carbocycles. The Bertz CT molecular complexity index is 342. The standard InChI is InChI=1S/C8H15F3N2O2S/c1-6-3-2-4-7(5-12)13(6)16(14,15)8(9,10)11/h6-7H,2-5,12H2,1H3. The molecule has 0 aliphatic carbocycles. The zero-order chi connectivity index (χ0) is 12.6. The molecule has 0 spiro atoms. The Hall–Kier alpha value is -0.340. The first-order chi connectivity index (χ1) is 7.21. The maximum Gasteiger partial charge on any atom is 0.511 e. The SMILES string of the molecule is CC1CCCC(CN)N1S(=O)(=O)C(F)(F)F. The Labute approximate surface area is 92.6 Å². The Morgan fingerprint density at radius 2 is 1.94 bits per heavy atom. The van der Waals surface area contributed by atoms with Gasteiger partial charge in [-0.05, 0) is 19.8 Å². The van der Waals surface area contributed by atoms with Crippen molar-refractivity contribution in [3.63, 3.8) is 0 Å². The van der Waals surface area contributed by atoms with Crippen LogP contribution in [0.5, 0.6) is 0 Å². The van der Waals surface area contributed by atoms with Gasteiger partial charge in [-0.3, -0.25) is 0 Å². The molecule has 4 nitrogen and oxygen atoms in total. The monoisotopic (exact) mass is 260 g/mol. The average molecular weight is 260 g/mol. The summed E-state index contributed by atoms with van der Waals surface area (Å²) < 4.78 is 60.5. The van der Waals surface area contributed by atoms with Crippen LogP contribution in [0.15, 0.2) is 0 Å². The maximum absolute atomic E-state index is 12.4. The molecule has 96 valence electrons. The van der Waals surface area contributed by atoms with E-state index in [2.05, 4.69) is 0 Å². The van der Waals surface area contributed by atoms with Gasteiger partial charge in [0, 0.05) is 18.6 Å². The van der Waals surface area contributed by atoms with Gasteiger partial charge in [0.1, 0.15) is 0 Å². The number of nitrogens with two attached hydrogens (primary N) is 1. The fraction of sp³-hybridized carbons (Fsp3) is 1.00. The molecule has 1 fully saturated rings. The second-order valence-electron chi connectivity index (χ2n) is 3.95. The Balaban J connectivity index is 3.07. The van der Waals surface area contributed by atoms with Gasteiger partial charge in [0.05, 0.1) is 0 Å². The van der Waals surface area contributed by atoms with E-state index in [9.17, 15) is 21.6 Å². The molecule has 1 heterocycles. The topological polar surface area (TPSA) is 63.4 Å². The van der Waals surface area contributed by atoms with E-state index in [-0.39, 0.29) is 6.54 Å². The van der Waals surface area contributed by atoms with Gasteiger partial charge < -0.3 is 5.73 Å². The first kappa shape index (κ1) is 13.7.